The van der Waals surface area contributed by atoms with E-state index in [9.17, 15) is 8.42 Å². The van der Waals surface area contributed by atoms with Crippen LogP contribution in [0.4, 0.5) is 0 Å². The zero-order valence-corrected chi connectivity index (χ0v) is 13.6. The lowest BCUT2D eigenvalue weighted by atomic mass is 9.76. The van der Waals surface area contributed by atoms with Gasteiger partial charge in [0.25, 0.3) is 0 Å². The molecule has 1 aliphatic rings. The maximum atomic E-state index is 12.3. The molecule has 3 nitrogen and oxygen atoms in total. The van der Waals surface area contributed by atoms with Gasteiger partial charge in [0, 0.05) is 12.4 Å². The average molecular weight is 336 g/mol. The van der Waals surface area contributed by atoms with E-state index in [4.69, 9.17) is 23.2 Å². The Hall–Kier alpha value is -0.290. The Balaban J connectivity index is 2.11. The first-order chi connectivity index (χ1) is 9.49. The molecule has 1 N–H and O–H groups in total. The summed E-state index contributed by atoms with van der Waals surface area (Å²) in [6.07, 6.45) is 5.38. The zero-order valence-electron chi connectivity index (χ0n) is 11.2. The van der Waals surface area contributed by atoms with Crippen molar-refractivity contribution in [3.63, 3.8) is 0 Å². The summed E-state index contributed by atoms with van der Waals surface area (Å²) in [5.41, 5.74) is -0.117. The summed E-state index contributed by atoms with van der Waals surface area (Å²) >= 11 is 12.0. The van der Waals surface area contributed by atoms with Crippen LogP contribution < -0.4 is 4.72 Å². The number of alkyl halides is 1. The van der Waals surface area contributed by atoms with Crippen molar-refractivity contribution < 1.29 is 8.42 Å². The van der Waals surface area contributed by atoms with Gasteiger partial charge in [0.15, 0.2) is 0 Å². The molecule has 0 heterocycles. The average Bonchev–Trinajstić information content (AvgIpc) is 2.47. The number of sulfonamides is 1. The third-order valence-corrected chi connectivity index (χ3v) is 6.43. The smallest absolute Gasteiger partial charge is 0.211 e. The number of rotatable bonds is 5. The molecule has 2 rings (SSSR count). The molecule has 6 heteroatoms. The van der Waals surface area contributed by atoms with Gasteiger partial charge in [0.2, 0.25) is 10.0 Å². The predicted octanol–water partition coefficient (Wildman–Crippen LogP) is 3.81. The van der Waals surface area contributed by atoms with Crippen LogP contribution in [0.25, 0.3) is 0 Å². The molecule has 0 amide bonds. The van der Waals surface area contributed by atoms with Gasteiger partial charge < -0.3 is 0 Å². The number of hydrogen-bond acceptors (Lipinski definition) is 2. The Kier molecular flexibility index (Phi) is 5.35. The van der Waals surface area contributed by atoms with Gasteiger partial charge in [0.05, 0.1) is 5.02 Å². The molecule has 0 atom stereocenters. The zero-order chi connectivity index (χ0) is 14.6. The summed E-state index contributed by atoms with van der Waals surface area (Å²) in [6.45, 7) is 0.379. The van der Waals surface area contributed by atoms with Crippen LogP contribution in [0.2, 0.25) is 5.02 Å². The Labute approximate surface area is 130 Å². The first-order valence-corrected chi connectivity index (χ1v) is 9.19. The van der Waals surface area contributed by atoms with Crippen molar-refractivity contribution in [1.29, 1.82) is 0 Å². The Morgan fingerprint density at radius 2 is 1.80 bits per heavy atom. The van der Waals surface area contributed by atoms with E-state index < -0.39 is 10.0 Å². The third-order valence-electron chi connectivity index (χ3n) is 3.96. The summed E-state index contributed by atoms with van der Waals surface area (Å²) in [4.78, 5) is 0.127. The summed E-state index contributed by atoms with van der Waals surface area (Å²) in [5.74, 6) is 0.484. The molecule has 0 unspecified atom stereocenters. The highest BCUT2D eigenvalue weighted by molar-refractivity contribution is 7.89. The minimum Gasteiger partial charge on any atom is -0.211 e. The lowest BCUT2D eigenvalue weighted by Crippen LogP contribution is -2.40. The van der Waals surface area contributed by atoms with Crippen LogP contribution in [-0.4, -0.2) is 20.8 Å². The van der Waals surface area contributed by atoms with Gasteiger partial charge in [-0.25, -0.2) is 13.1 Å². The lowest BCUT2D eigenvalue weighted by Gasteiger charge is -2.35. The molecule has 1 fully saturated rings. The Morgan fingerprint density at radius 3 is 2.40 bits per heavy atom. The molecule has 1 aliphatic carbocycles. The molecule has 112 valence electrons. The van der Waals surface area contributed by atoms with Crippen molar-refractivity contribution in [2.24, 2.45) is 5.41 Å². The maximum absolute atomic E-state index is 12.3. The van der Waals surface area contributed by atoms with E-state index in [0.717, 1.165) is 25.7 Å². The van der Waals surface area contributed by atoms with Gasteiger partial charge in [-0.1, -0.05) is 43.0 Å². The van der Waals surface area contributed by atoms with Crippen LogP contribution >= 0.6 is 23.2 Å². The maximum Gasteiger partial charge on any atom is 0.242 e. The Bertz CT molecular complexity index is 554. The van der Waals surface area contributed by atoms with E-state index in [1.807, 2.05) is 0 Å². The molecular weight excluding hydrogens is 317 g/mol. The van der Waals surface area contributed by atoms with Crippen molar-refractivity contribution in [2.75, 3.05) is 12.4 Å². The molecule has 1 aromatic carbocycles. The minimum atomic E-state index is -3.58. The highest BCUT2D eigenvalue weighted by atomic mass is 35.5. The fraction of sp³-hybridized carbons (Fsp3) is 0.571. The highest BCUT2D eigenvalue weighted by Gasteiger charge is 2.33. The molecule has 1 saturated carbocycles. The quantitative estimate of drug-likeness (QED) is 0.831. The number of nitrogens with one attached hydrogen (secondary N) is 1. The molecule has 0 bridgehead atoms. The lowest BCUT2D eigenvalue weighted by molar-refractivity contribution is 0.223. The number of hydrogen-bond donors (Lipinski definition) is 1. The van der Waals surface area contributed by atoms with Crippen molar-refractivity contribution in [1.82, 2.24) is 4.72 Å². The van der Waals surface area contributed by atoms with Crippen LogP contribution in [-0.2, 0) is 10.0 Å². The van der Waals surface area contributed by atoms with E-state index in [0.29, 0.717) is 12.4 Å². The molecule has 0 radical (unpaired) electrons. The molecule has 0 aromatic heterocycles. The van der Waals surface area contributed by atoms with Gasteiger partial charge in [-0.2, -0.15) is 0 Å². The molecule has 0 saturated heterocycles. The first-order valence-electron chi connectivity index (χ1n) is 6.79. The topological polar surface area (TPSA) is 46.2 Å². The summed E-state index contributed by atoms with van der Waals surface area (Å²) < 4.78 is 27.3. The van der Waals surface area contributed by atoms with Crippen molar-refractivity contribution in [3.8, 4) is 0 Å². The molecule has 20 heavy (non-hydrogen) atoms. The third kappa shape index (κ3) is 3.67. The predicted molar refractivity (Wildman–Crippen MR) is 82.9 cm³/mol. The van der Waals surface area contributed by atoms with E-state index >= 15 is 0 Å². The fourth-order valence-electron chi connectivity index (χ4n) is 2.65. The van der Waals surface area contributed by atoms with Crippen LogP contribution in [0.1, 0.15) is 32.1 Å². The highest BCUT2D eigenvalue weighted by Crippen LogP contribution is 2.37. The van der Waals surface area contributed by atoms with Gasteiger partial charge >= 0.3 is 0 Å². The van der Waals surface area contributed by atoms with E-state index in [-0.39, 0.29) is 15.3 Å². The summed E-state index contributed by atoms with van der Waals surface area (Å²) in [5, 5.41) is 0.239. The second-order valence-electron chi connectivity index (χ2n) is 5.45. The van der Waals surface area contributed by atoms with Crippen LogP contribution in [0.5, 0.6) is 0 Å². The van der Waals surface area contributed by atoms with Gasteiger partial charge in [-0.3, -0.25) is 0 Å². The molecule has 0 spiro atoms. The second-order valence-corrected chi connectivity index (χ2v) is 7.86. The number of halogens is 2. The first kappa shape index (κ1) is 16.1. The van der Waals surface area contributed by atoms with Crippen molar-refractivity contribution in [3.05, 3.63) is 29.3 Å². The number of benzene rings is 1. The van der Waals surface area contributed by atoms with Gasteiger partial charge in [-0.05, 0) is 30.4 Å². The normalized spacial score (nSPS) is 18.9. The monoisotopic (exact) mass is 335 g/mol. The Morgan fingerprint density at radius 1 is 1.15 bits per heavy atom. The van der Waals surface area contributed by atoms with Crippen molar-refractivity contribution >= 4 is 33.2 Å². The van der Waals surface area contributed by atoms with E-state index in [2.05, 4.69) is 4.72 Å². The SMILES string of the molecule is O=S(=O)(NCC1(CCl)CCCCC1)c1ccccc1Cl. The largest absolute Gasteiger partial charge is 0.242 e. The van der Waals surface area contributed by atoms with Crippen LogP contribution in [0.3, 0.4) is 0 Å². The molecule has 0 aliphatic heterocycles. The summed E-state index contributed by atoms with van der Waals surface area (Å²) in [7, 11) is -3.58. The standard InChI is InChI=1S/C14H19Cl2NO2S/c15-10-14(8-4-1-5-9-14)11-17-20(18,19)13-7-3-2-6-12(13)16/h2-3,6-7,17H,1,4-5,8-11H2. The van der Waals surface area contributed by atoms with E-state index in [1.165, 1.54) is 12.5 Å². The molecule has 1 aromatic rings. The second kappa shape index (κ2) is 6.65. The van der Waals surface area contributed by atoms with Gasteiger partial charge in [0.1, 0.15) is 4.90 Å². The van der Waals surface area contributed by atoms with E-state index in [1.54, 1.807) is 18.2 Å². The van der Waals surface area contributed by atoms with Crippen molar-refractivity contribution in [2.45, 2.75) is 37.0 Å². The molecular formula is C14H19Cl2NO2S. The van der Waals surface area contributed by atoms with Gasteiger partial charge in [-0.15, -0.1) is 11.6 Å². The minimum absolute atomic E-state index is 0.117. The van der Waals surface area contributed by atoms with Crippen LogP contribution in [0, 0.1) is 5.41 Å². The fourth-order valence-corrected chi connectivity index (χ4v) is 4.68. The van der Waals surface area contributed by atoms with Crippen LogP contribution in [0.15, 0.2) is 29.2 Å². The summed E-state index contributed by atoms with van der Waals surface area (Å²) in [6, 6.07) is 6.47.